The van der Waals surface area contributed by atoms with Crippen LogP contribution in [0.15, 0.2) is 4.99 Å². The minimum atomic E-state index is 0.738. The molecule has 0 saturated carbocycles. The van der Waals surface area contributed by atoms with E-state index in [9.17, 15) is 0 Å². The summed E-state index contributed by atoms with van der Waals surface area (Å²) in [4.78, 5) is 6.90. The number of likely N-dealkylation sites (tertiary alicyclic amines) is 1. The maximum atomic E-state index is 4.27. The number of piperidine rings is 1. The molecule has 1 saturated heterocycles. The van der Waals surface area contributed by atoms with Gasteiger partial charge in [-0.15, -0.1) is 0 Å². The second-order valence-electron chi connectivity index (χ2n) is 6.86. The van der Waals surface area contributed by atoms with Crippen LogP contribution in [0, 0.1) is 11.8 Å². The summed E-state index contributed by atoms with van der Waals surface area (Å²) in [6.07, 6.45) is 6.48. The van der Waals surface area contributed by atoms with Gasteiger partial charge in [-0.2, -0.15) is 0 Å². The molecule has 1 fully saturated rings. The molecule has 1 aliphatic rings. The number of hydrogen-bond donors (Lipinski definition) is 2. The molecule has 124 valence electrons. The van der Waals surface area contributed by atoms with Gasteiger partial charge in [0.05, 0.1) is 0 Å². The van der Waals surface area contributed by atoms with E-state index in [1.54, 1.807) is 0 Å². The molecule has 21 heavy (non-hydrogen) atoms. The van der Waals surface area contributed by atoms with Gasteiger partial charge in [-0.05, 0) is 57.0 Å². The molecule has 0 radical (unpaired) electrons. The standard InChI is InChI=1S/C17H36N4/c1-15(2)9-11-20-17(18-4)19-10-5-6-12-21-13-7-8-16(3)14-21/h15-16H,5-14H2,1-4H3,(H2,18,19,20). The Hall–Kier alpha value is -0.770. The third kappa shape index (κ3) is 8.97. The minimum absolute atomic E-state index is 0.738. The molecule has 2 N–H and O–H groups in total. The van der Waals surface area contributed by atoms with Crippen molar-refractivity contribution in [2.45, 2.75) is 52.9 Å². The van der Waals surface area contributed by atoms with Gasteiger partial charge in [0.25, 0.3) is 0 Å². The fraction of sp³-hybridized carbons (Fsp3) is 0.941. The highest BCUT2D eigenvalue weighted by Gasteiger charge is 2.15. The lowest BCUT2D eigenvalue weighted by atomic mass is 10.0. The monoisotopic (exact) mass is 296 g/mol. The quantitative estimate of drug-likeness (QED) is 0.411. The van der Waals surface area contributed by atoms with Crippen molar-refractivity contribution < 1.29 is 0 Å². The van der Waals surface area contributed by atoms with Crippen molar-refractivity contribution in [1.29, 1.82) is 0 Å². The molecular formula is C17H36N4. The Bertz CT molecular complexity index is 289. The Morgan fingerprint density at radius 2 is 2.00 bits per heavy atom. The Morgan fingerprint density at radius 1 is 1.24 bits per heavy atom. The van der Waals surface area contributed by atoms with Gasteiger partial charge < -0.3 is 15.5 Å². The number of unbranched alkanes of at least 4 members (excludes halogenated alkanes) is 1. The second-order valence-corrected chi connectivity index (χ2v) is 6.86. The fourth-order valence-electron chi connectivity index (χ4n) is 2.86. The molecule has 0 aromatic rings. The first-order valence-corrected chi connectivity index (χ1v) is 8.78. The molecule has 0 aliphatic carbocycles. The number of hydrogen-bond acceptors (Lipinski definition) is 2. The molecule has 0 aromatic heterocycles. The zero-order valence-electron chi connectivity index (χ0n) is 14.6. The van der Waals surface area contributed by atoms with Crippen molar-refractivity contribution in [1.82, 2.24) is 15.5 Å². The molecule has 0 aromatic carbocycles. The first kappa shape index (κ1) is 18.3. The van der Waals surface area contributed by atoms with Crippen molar-refractivity contribution in [3.8, 4) is 0 Å². The lowest BCUT2D eigenvalue weighted by Gasteiger charge is -2.30. The minimum Gasteiger partial charge on any atom is -0.356 e. The van der Waals surface area contributed by atoms with Crippen LogP contribution in [-0.2, 0) is 0 Å². The van der Waals surface area contributed by atoms with Crippen LogP contribution in [0.5, 0.6) is 0 Å². The first-order valence-electron chi connectivity index (χ1n) is 8.78. The predicted molar refractivity (Wildman–Crippen MR) is 92.9 cm³/mol. The largest absolute Gasteiger partial charge is 0.356 e. The number of guanidine groups is 1. The molecule has 4 heteroatoms. The van der Waals surface area contributed by atoms with E-state index < -0.39 is 0 Å². The van der Waals surface area contributed by atoms with E-state index in [0.717, 1.165) is 30.9 Å². The van der Waals surface area contributed by atoms with Crippen molar-refractivity contribution in [2.75, 3.05) is 39.8 Å². The average Bonchev–Trinajstić information content (AvgIpc) is 2.44. The van der Waals surface area contributed by atoms with Crippen LogP contribution in [0.2, 0.25) is 0 Å². The highest BCUT2D eigenvalue weighted by atomic mass is 15.2. The predicted octanol–water partition coefficient (Wildman–Crippen LogP) is 2.71. The Morgan fingerprint density at radius 3 is 2.67 bits per heavy atom. The van der Waals surface area contributed by atoms with E-state index in [-0.39, 0.29) is 0 Å². The van der Waals surface area contributed by atoms with Crippen LogP contribution in [0.3, 0.4) is 0 Å². The van der Waals surface area contributed by atoms with Crippen LogP contribution in [0.25, 0.3) is 0 Å². The van der Waals surface area contributed by atoms with E-state index in [0.29, 0.717) is 0 Å². The van der Waals surface area contributed by atoms with Gasteiger partial charge >= 0.3 is 0 Å². The number of nitrogens with one attached hydrogen (secondary N) is 2. The third-order valence-corrected chi connectivity index (χ3v) is 4.17. The number of aliphatic imine (C=N–C) groups is 1. The summed E-state index contributed by atoms with van der Waals surface area (Å²) in [5.74, 6) is 2.57. The normalized spacial score (nSPS) is 20.8. The van der Waals surface area contributed by atoms with Crippen molar-refractivity contribution in [3.05, 3.63) is 0 Å². The molecule has 4 nitrogen and oxygen atoms in total. The Labute approximate surface area is 131 Å². The van der Waals surface area contributed by atoms with Crippen LogP contribution in [-0.4, -0.2) is 50.6 Å². The third-order valence-electron chi connectivity index (χ3n) is 4.17. The second kappa shape index (κ2) is 10.9. The molecule has 0 bridgehead atoms. The molecule has 1 rings (SSSR count). The van der Waals surface area contributed by atoms with Crippen LogP contribution in [0.4, 0.5) is 0 Å². The van der Waals surface area contributed by atoms with Gasteiger partial charge in [-0.25, -0.2) is 0 Å². The molecule has 1 unspecified atom stereocenters. The van der Waals surface area contributed by atoms with Crippen LogP contribution < -0.4 is 10.6 Å². The summed E-state index contributed by atoms with van der Waals surface area (Å²) >= 11 is 0. The smallest absolute Gasteiger partial charge is 0.190 e. The molecule has 0 amide bonds. The van der Waals surface area contributed by atoms with Crippen LogP contribution >= 0.6 is 0 Å². The maximum Gasteiger partial charge on any atom is 0.190 e. The van der Waals surface area contributed by atoms with E-state index in [4.69, 9.17) is 0 Å². The van der Waals surface area contributed by atoms with Gasteiger partial charge in [0.15, 0.2) is 5.96 Å². The highest BCUT2D eigenvalue weighted by molar-refractivity contribution is 5.79. The van der Waals surface area contributed by atoms with Crippen molar-refractivity contribution in [2.24, 2.45) is 16.8 Å². The Balaban J connectivity index is 2.01. The molecule has 1 aliphatic heterocycles. The van der Waals surface area contributed by atoms with Crippen molar-refractivity contribution in [3.63, 3.8) is 0 Å². The summed E-state index contributed by atoms with van der Waals surface area (Å²) in [5, 5.41) is 6.79. The van der Waals surface area contributed by atoms with Gasteiger partial charge in [0, 0.05) is 26.7 Å². The summed E-state index contributed by atoms with van der Waals surface area (Å²) in [7, 11) is 1.85. The number of nitrogens with zero attached hydrogens (tertiary/aromatic N) is 2. The fourth-order valence-corrected chi connectivity index (χ4v) is 2.86. The maximum absolute atomic E-state index is 4.27. The van der Waals surface area contributed by atoms with E-state index in [2.05, 4.69) is 41.3 Å². The summed E-state index contributed by atoms with van der Waals surface area (Å²) in [6, 6.07) is 0. The van der Waals surface area contributed by atoms with E-state index >= 15 is 0 Å². The highest BCUT2D eigenvalue weighted by Crippen LogP contribution is 2.15. The van der Waals surface area contributed by atoms with Crippen molar-refractivity contribution >= 4 is 5.96 Å². The molecule has 1 atom stereocenters. The topological polar surface area (TPSA) is 39.7 Å². The first-order chi connectivity index (χ1) is 10.1. The van der Waals surface area contributed by atoms with Gasteiger partial charge in [-0.1, -0.05) is 20.8 Å². The summed E-state index contributed by atoms with van der Waals surface area (Å²) in [5.41, 5.74) is 0. The zero-order valence-corrected chi connectivity index (χ0v) is 14.6. The lowest BCUT2D eigenvalue weighted by Crippen LogP contribution is -2.39. The van der Waals surface area contributed by atoms with Gasteiger partial charge in [-0.3, -0.25) is 4.99 Å². The summed E-state index contributed by atoms with van der Waals surface area (Å²) < 4.78 is 0. The molecular weight excluding hydrogens is 260 g/mol. The molecule has 0 spiro atoms. The van der Waals surface area contributed by atoms with Gasteiger partial charge in [0.2, 0.25) is 0 Å². The van der Waals surface area contributed by atoms with Gasteiger partial charge in [0.1, 0.15) is 0 Å². The Kier molecular flexibility index (Phi) is 9.48. The van der Waals surface area contributed by atoms with E-state index in [1.165, 1.54) is 51.7 Å². The molecule has 1 heterocycles. The van der Waals surface area contributed by atoms with E-state index in [1.807, 2.05) is 7.05 Å². The summed E-state index contributed by atoms with van der Waals surface area (Å²) in [6.45, 7) is 12.8. The van der Waals surface area contributed by atoms with Crippen LogP contribution in [0.1, 0.15) is 52.9 Å². The zero-order chi connectivity index (χ0) is 15.5. The average molecular weight is 297 g/mol. The lowest BCUT2D eigenvalue weighted by molar-refractivity contribution is 0.181. The SMILES string of the molecule is CN=C(NCCCCN1CCCC(C)C1)NCCC(C)C. The number of rotatable bonds is 8.